The van der Waals surface area contributed by atoms with E-state index in [1.165, 1.54) is 0 Å². The molecule has 1 aliphatic rings. The molecule has 0 spiro atoms. The predicted octanol–water partition coefficient (Wildman–Crippen LogP) is 3.11. The zero-order valence-corrected chi connectivity index (χ0v) is 12.3. The topological polar surface area (TPSA) is 54.4 Å². The van der Waals surface area contributed by atoms with Crippen molar-refractivity contribution < 1.29 is 13.0 Å². The second kappa shape index (κ2) is 3.36. The van der Waals surface area contributed by atoms with Crippen molar-refractivity contribution >= 4 is 10.1 Å². The summed E-state index contributed by atoms with van der Waals surface area (Å²) in [4.78, 5) is 0. The summed E-state index contributed by atoms with van der Waals surface area (Å²) in [7, 11) is -4.19. The van der Waals surface area contributed by atoms with Crippen LogP contribution in [0.2, 0.25) is 0 Å². The first-order valence-corrected chi connectivity index (χ1v) is 7.49. The first-order valence-electron chi connectivity index (χ1n) is 6.05. The van der Waals surface area contributed by atoms with Gasteiger partial charge in [0.15, 0.2) is 0 Å². The van der Waals surface area contributed by atoms with Gasteiger partial charge in [0.1, 0.15) is 4.75 Å². The highest BCUT2D eigenvalue weighted by Crippen LogP contribution is 2.63. The molecular formula is C14H20O3S. The smallest absolute Gasteiger partial charge is 0.275 e. The van der Waals surface area contributed by atoms with Gasteiger partial charge in [-0.15, -0.1) is 0 Å². The Kier molecular flexibility index (Phi) is 2.53. The SMILES string of the molecule is CC1(C)c2ccccc2C(C)(S(=O)(=O)O)C1(C)C. The van der Waals surface area contributed by atoms with Crippen LogP contribution in [-0.2, 0) is 20.3 Å². The molecule has 0 radical (unpaired) electrons. The summed E-state index contributed by atoms with van der Waals surface area (Å²) >= 11 is 0. The lowest BCUT2D eigenvalue weighted by atomic mass is 9.65. The second-order valence-corrected chi connectivity index (χ2v) is 8.07. The van der Waals surface area contributed by atoms with E-state index in [0.29, 0.717) is 5.56 Å². The van der Waals surface area contributed by atoms with E-state index >= 15 is 0 Å². The zero-order chi connectivity index (χ0) is 14.0. The lowest BCUT2D eigenvalue weighted by molar-refractivity contribution is 0.156. The Hall–Kier alpha value is -0.870. The van der Waals surface area contributed by atoms with E-state index in [4.69, 9.17) is 0 Å². The molecule has 1 aliphatic carbocycles. The van der Waals surface area contributed by atoms with Gasteiger partial charge in [-0.25, -0.2) is 0 Å². The maximum absolute atomic E-state index is 12.0. The third-order valence-corrected chi connectivity index (χ3v) is 7.15. The van der Waals surface area contributed by atoms with Crippen LogP contribution in [0.15, 0.2) is 24.3 Å². The zero-order valence-electron chi connectivity index (χ0n) is 11.5. The molecule has 4 heteroatoms. The molecule has 1 aromatic rings. The largest absolute Gasteiger partial charge is 0.285 e. The minimum Gasteiger partial charge on any atom is -0.285 e. The minimum absolute atomic E-state index is 0.325. The van der Waals surface area contributed by atoms with E-state index in [1.807, 2.05) is 45.9 Å². The van der Waals surface area contributed by atoms with Gasteiger partial charge in [-0.3, -0.25) is 4.55 Å². The molecule has 0 saturated heterocycles. The molecule has 0 fully saturated rings. The molecule has 0 aliphatic heterocycles. The van der Waals surface area contributed by atoms with Crippen LogP contribution in [0.5, 0.6) is 0 Å². The molecule has 3 nitrogen and oxygen atoms in total. The van der Waals surface area contributed by atoms with Gasteiger partial charge in [-0.05, 0) is 28.9 Å². The molecule has 1 unspecified atom stereocenters. The number of rotatable bonds is 1. The summed E-state index contributed by atoms with van der Waals surface area (Å²) in [5.74, 6) is 0. The molecule has 0 saturated carbocycles. The number of hydrogen-bond acceptors (Lipinski definition) is 2. The van der Waals surface area contributed by atoms with Crippen LogP contribution in [0.25, 0.3) is 0 Å². The van der Waals surface area contributed by atoms with Crippen LogP contribution in [0.3, 0.4) is 0 Å². The molecule has 1 N–H and O–H groups in total. The number of hydrogen-bond donors (Lipinski definition) is 1. The third kappa shape index (κ3) is 1.25. The van der Waals surface area contributed by atoms with Crippen molar-refractivity contribution in [3.63, 3.8) is 0 Å². The Morgan fingerprint density at radius 2 is 1.39 bits per heavy atom. The maximum atomic E-state index is 12.0. The molecule has 100 valence electrons. The summed E-state index contributed by atoms with van der Waals surface area (Å²) in [5.41, 5.74) is 0.781. The standard InChI is InChI=1S/C14H20O3S/c1-12(2)10-8-6-7-9-11(10)14(5,13(12,3)4)18(15,16)17/h6-9H,1-5H3,(H,15,16,17). The lowest BCUT2D eigenvalue weighted by Gasteiger charge is -2.44. The molecule has 0 heterocycles. The van der Waals surface area contributed by atoms with Crippen molar-refractivity contribution in [3.05, 3.63) is 35.4 Å². The van der Waals surface area contributed by atoms with Crippen molar-refractivity contribution in [2.75, 3.05) is 0 Å². The van der Waals surface area contributed by atoms with Crippen molar-refractivity contribution in [2.24, 2.45) is 5.41 Å². The molecule has 1 aromatic carbocycles. The van der Waals surface area contributed by atoms with Crippen LogP contribution < -0.4 is 0 Å². The molecule has 18 heavy (non-hydrogen) atoms. The van der Waals surface area contributed by atoms with Crippen LogP contribution in [-0.4, -0.2) is 13.0 Å². The van der Waals surface area contributed by atoms with Gasteiger partial charge >= 0.3 is 0 Å². The molecule has 0 bridgehead atoms. The fourth-order valence-electron chi connectivity index (χ4n) is 3.18. The molecular weight excluding hydrogens is 248 g/mol. The van der Waals surface area contributed by atoms with Crippen molar-refractivity contribution in [1.29, 1.82) is 0 Å². The number of benzene rings is 1. The summed E-state index contributed by atoms with van der Waals surface area (Å²) in [6, 6.07) is 7.49. The molecule has 2 rings (SSSR count). The van der Waals surface area contributed by atoms with Gasteiger partial charge in [-0.1, -0.05) is 52.0 Å². The minimum atomic E-state index is -4.19. The summed E-state index contributed by atoms with van der Waals surface area (Å²) < 4.78 is 32.4. The molecule has 1 atom stereocenters. The Bertz CT molecular complexity index is 599. The second-order valence-electron chi connectivity index (χ2n) is 6.30. The first kappa shape index (κ1) is 13.6. The maximum Gasteiger partial charge on any atom is 0.275 e. The van der Waals surface area contributed by atoms with Gasteiger partial charge in [-0.2, -0.15) is 8.42 Å². The van der Waals surface area contributed by atoms with Crippen LogP contribution in [0.1, 0.15) is 45.7 Å². The average Bonchev–Trinajstić information content (AvgIpc) is 2.36. The first-order chi connectivity index (χ1) is 7.98. The highest BCUT2D eigenvalue weighted by molar-refractivity contribution is 7.86. The Morgan fingerprint density at radius 1 is 0.944 bits per heavy atom. The normalized spacial score (nSPS) is 29.0. The summed E-state index contributed by atoms with van der Waals surface area (Å²) in [6.45, 7) is 9.49. The van der Waals surface area contributed by atoms with E-state index in [9.17, 15) is 13.0 Å². The monoisotopic (exact) mass is 268 g/mol. The van der Waals surface area contributed by atoms with Crippen molar-refractivity contribution in [3.8, 4) is 0 Å². The van der Waals surface area contributed by atoms with E-state index in [0.717, 1.165) is 5.56 Å². The van der Waals surface area contributed by atoms with Gasteiger partial charge in [0.05, 0.1) is 0 Å². The predicted molar refractivity (Wildman–Crippen MR) is 72.1 cm³/mol. The van der Waals surface area contributed by atoms with Gasteiger partial charge in [0, 0.05) is 0 Å². The van der Waals surface area contributed by atoms with Crippen LogP contribution in [0.4, 0.5) is 0 Å². The average molecular weight is 268 g/mol. The quantitative estimate of drug-likeness (QED) is 0.796. The van der Waals surface area contributed by atoms with Gasteiger partial charge in [0.25, 0.3) is 10.1 Å². The Labute approximate surface area is 109 Å². The third-order valence-electron chi connectivity index (χ3n) is 5.39. The lowest BCUT2D eigenvalue weighted by Crippen LogP contribution is -2.48. The highest BCUT2D eigenvalue weighted by atomic mass is 32.2. The molecule has 0 amide bonds. The van der Waals surface area contributed by atoms with E-state index < -0.39 is 20.3 Å². The van der Waals surface area contributed by atoms with E-state index in [1.54, 1.807) is 13.0 Å². The van der Waals surface area contributed by atoms with E-state index in [2.05, 4.69) is 0 Å². The fraction of sp³-hybridized carbons (Fsp3) is 0.571. The summed E-state index contributed by atoms with van der Waals surface area (Å²) in [5, 5.41) is 0. The van der Waals surface area contributed by atoms with Crippen molar-refractivity contribution in [2.45, 2.75) is 44.8 Å². The van der Waals surface area contributed by atoms with Gasteiger partial charge < -0.3 is 0 Å². The van der Waals surface area contributed by atoms with Crippen molar-refractivity contribution in [1.82, 2.24) is 0 Å². The number of fused-ring (bicyclic) bond motifs is 1. The highest BCUT2D eigenvalue weighted by Gasteiger charge is 2.65. The Balaban J connectivity index is 2.94. The van der Waals surface area contributed by atoms with Crippen LogP contribution in [0, 0.1) is 5.41 Å². The van der Waals surface area contributed by atoms with Gasteiger partial charge in [0.2, 0.25) is 0 Å². The van der Waals surface area contributed by atoms with E-state index in [-0.39, 0.29) is 5.41 Å². The fourth-order valence-corrected chi connectivity index (χ4v) is 4.53. The summed E-state index contributed by atoms with van der Waals surface area (Å²) in [6.07, 6.45) is 0. The van der Waals surface area contributed by atoms with Crippen LogP contribution >= 0.6 is 0 Å². The Morgan fingerprint density at radius 3 is 1.83 bits per heavy atom. The molecule has 0 aromatic heterocycles.